The van der Waals surface area contributed by atoms with E-state index in [1.165, 1.54) is 17.0 Å². The van der Waals surface area contributed by atoms with E-state index in [4.69, 9.17) is 13.8 Å². The molecule has 0 aromatic heterocycles. The molecule has 1 aromatic rings. The number of hydrazine groups is 1. The molecule has 0 saturated carbocycles. The Morgan fingerprint density at radius 3 is 2.27 bits per heavy atom. The van der Waals surface area contributed by atoms with Crippen molar-refractivity contribution in [1.82, 2.24) is 15.2 Å². The second kappa shape index (κ2) is 10.2. The third-order valence-electron chi connectivity index (χ3n) is 4.65. The molecule has 0 spiro atoms. The van der Waals surface area contributed by atoms with Crippen LogP contribution < -0.4 is 10.3 Å². The first-order chi connectivity index (χ1) is 14.1. The van der Waals surface area contributed by atoms with Gasteiger partial charge in [-0.25, -0.2) is 18.6 Å². The summed E-state index contributed by atoms with van der Waals surface area (Å²) in [5.41, 5.74) is 3.60. The molecular weight excluding hydrogens is 433 g/mol. The molecule has 170 valence electrons. The van der Waals surface area contributed by atoms with E-state index >= 15 is 0 Å². The van der Waals surface area contributed by atoms with Crippen LogP contribution in [0.5, 0.6) is 0 Å². The molecule has 2 N–H and O–H groups in total. The van der Waals surface area contributed by atoms with E-state index in [1.807, 2.05) is 6.92 Å². The average Bonchev–Trinajstić information content (AvgIpc) is 3.14. The molecule has 1 aliphatic rings. The fourth-order valence-corrected chi connectivity index (χ4v) is 6.30. The molecule has 0 bridgehead atoms. The quantitative estimate of drug-likeness (QED) is 0.401. The first-order valence-corrected chi connectivity index (χ1v) is 12.8. The molecule has 0 aliphatic carbocycles. The topological polar surface area (TPSA) is 123 Å². The summed E-state index contributed by atoms with van der Waals surface area (Å²) in [4.78, 5) is 15.9. The Hall–Kier alpha value is -1.49. The predicted octanol–water partition coefficient (Wildman–Crippen LogP) is 2.60. The van der Waals surface area contributed by atoms with Gasteiger partial charge in [0.1, 0.15) is 0 Å². The first kappa shape index (κ1) is 24.8. The van der Waals surface area contributed by atoms with E-state index in [-0.39, 0.29) is 44.2 Å². The fraction of sp³-hybridized carbons (Fsp3) is 0.611. The Balaban J connectivity index is 2.33. The number of sulfonamides is 1. The van der Waals surface area contributed by atoms with Crippen LogP contribution in [0.25, 0.3) is 0 Å². The number of aryl methyl sites for hydroxylation is 1. The number of nitrogens with zero attached hydrogens (tertiary/aromatic N) is 1. The third-order valence-corrected chi connectivity index (χ3v) is 8.63. The molecule has 30 heavy (non-hydrogen) atoms. The molecule has 1 unspecified atom stereocenters. The second-order valence-electron chi connectivity index (χ2n) is 6.78. The lowest BCUT2D eigenvalue weighted by Crippen LogP contribution is -2.56. The Kier molecular flexibility index (Phi) is 8.43. The maximum Gasteiger partial charge on any atom is 0.409 e. The lowest BCUT2D eigenvalue weighted by Gasteiger charge is -2.36. The molecule has 1 saturated heterocycles. The number of benzene rings is 1. The van der Waals surface area contributed by atoms with Gasteiger partial charge in [0, 0.05) is 6.54 Å². The Bertz CT molecular complexity index is 868. The number of rotatable bonds is 10. The molecule has 1 fully saturated rings. The lowest BCUT2D eigenvalue weighted by molar-refractivity contribution is 0.112. The van der Waals surface area contributed by atoms with Crippen molar-refractivity contribution in [3.8, 4) is 0 Å². The largest absolute Gasteiger partial charge is 0.450 e. The Labute approximate surface area is 177 Å². The number of amides is 1. The summed E-state index contributed by atoms with van der Waals surface area (Å²) in [5, 5.41) is -1.47. The number of ether oxygens (including phenoxy) is 1. The van der Waals surface area contributed by atoms with Crippen LogP contribution in [0.3, 0.4) is 0 Å². The highest BCUT2D eigenvalue weighted by Crippen LogP contribution is 2.61. The van der Waals surface area contributed by atoms with E-state index < -0.39 is 29.0 Å². The van der Waals surface area contributed by atoms with Crippen LogP contribution >= 0.6 is 7.60 Å². The molecule has 2 rings (SSSR count). The van der Waals surface area contributed by atoms with Gasteiger partial charge in [0.25, 0.3) is 10.0 Å². The zero-order valence-electron chi connectivity index (χ0n) is 17.7. The van der Waals surface area contributed by atoms with Crippen molar-refractivity contribution < 1.29 is 31.6 Å². The van der Waals surface area contributed by atoms with Gasteiger partial charge >= 0.3 is 13.7 Å². The monoisotopic (exact) mass is 463 g/mol. The van der Waals surface area contributed by atoms with Crippen molar-refractivity contribution in [1.29, 1.82) is 0 Å². The molecule has 10 nitrogen and oxygen atoms in total. The van der Waals surface area contributed by atoms with Gasteiger partial charge < -0.3 is 18.7 Å². The van der Waals surface area contributed by atoms with Gasteiger partial charge in [-0.05, 0) is 46.2 Å². The first-order valence-electron chi connectivity index (χ1n) is 9.79. The standard InChI is InChI=1S/C18H30N3O7PS/c1-5-26-17(22)21-13-12-18(14-21,29(23,27-6-2)28-7-3)19-20-30(24,25)16-10-8-15(4)9-11-16/h8-11,19-20H,5-7,12-14H2,1-4H3. The van der Waals surface area contributed by atoms with Gasteiger partial charge in [0.2, 0.25) is 0 Å². The van der Waals surface area contributed by atoms with Gasteiger partial charge in [-0.15, -0.1) is 4.83 Å². The zero-order valence-corrected chi connectivity index (χ0v) is 19.4. The summed E-state index contributed by atoms with van der Waals surface area (Å²) >= 11 is 0. The SMILES string of the molecule is CCOC(=O)N1CCC(NNS(=O)(=O)c2ccc(C)cc2)(P(=O)(OCC)OCC)C1. The third kappa shape index (κ3) is 5.40. The minimum Gasteiger partial charge on any atom is -0.450 e. The normalized spacial score (nSPS) is 19.8. The maximum atomic E-state index is 13.6. The van der Waals surface area contributed by atoms with Crippen LogP contribution in [0.15, 0.2) is 29.2 Å². The minimum atomic E-state index is -3.97. The van der Waals surface area contributed by atoms with Gasteiger partial charge in [-0.2, -0.15) is 0 Å². The minimum absolute atomic E-state index is 0.0404. The Morgan fingerprint density at radius 1 is 1.13 bits per heavy atom. The molecule has 1 heterocycles. The summed E-state index contributed by atoms with van der Waals surface area (Å²) < 4.78 is 55.2. The van der Waals surface area contributed by atoms with Gasteiger partial charge in [0.05, 0.1) is 31.3 Å². The predicted molar refractivity (Wildman–Crippen MR) is 111 cm³/mol. The highest BCUT2D eigenvalue weighted by molar-refractivity contribution is 7.89. The zero-order chi connectivity index (χ0) is 22.4. The van der Waals surface area contributed by atoms with E-state index in [9.17, 15) is 17.8 Å². The van der Waals surface area contributed by atoms with E-state index in [0.29, 0.717) is 0 Å². The molecule has 1 aromatic carbocycles. The van der Waals surface area contributed by atoms with Crippen molar-refractivity contribution in [2.75, 3.05) is 32.9 Å². The number of carbonyl (C=O) groups excluding carboxylic acids is 1. The number of carbonyl (C=O) groups is 1. The molecule has 1 aliphatic heterocycles. The van der Waals surface area contributed by atoms with Crippen LogP contribution in [-0.4, -0.2) is 57.6 Å². The van der Waals surface area contributed by atoms with E-state index in [1.54, 1.807) is 32.9 Å². The van der Waals surface area contributed by atoms with Gasteiger partial charge in [-0.1, -0.05) is 17.7 Å². The molecule has 12 heteroatoms. The number of nitrogens with one attached hydrogen (secondary N) is 2. The second-order valence-corrected chi connectivity index (χ2v) is 10.8. The van der Waals surface area contributed by atoms with E-state index in [0.717, 1.165) is 5.56 Å². The number of hydrogen-bond acceptors (Lipinski definition) is 8. The summed E-state index contributed by atoms with van der Waals surface area (Å²) in [7, 11) is -7.84. The molecule has 1 amide bonds. The maximum absolute atomic E-state index is 13.6. The average molecular weight is 463 g/mol. The molecule has 0 radical (unpaired) electrons. The van der Waals surface area contributed by atoms with Crippen LogP contribution in [0.2, 0.25) is 0 Å². The van der Waals surface area contributed by atoms with E-state index in [2.05, 4.69) is 10.3 Å². The van der Waals surface area contributed by atoms with Crippen LogP contribution in [-0.2, 0) is 28.4 Å². The van der Waals surface area contributed by atoms with Crippen molar-refractivity contribution in [3.05, 3.63) is 29.8 Å². The highest BCUT2D eigenvalue weighted by Gasteiger charge is 2.56. The summed E-state index contributed by atoms with van der Waals surface area (Å²) in [6.45, 7) is 7.30. The molecular formula is C18H30N3O7PS. The number of hydrogen-bond donors (Lipinski definition) is 2. The summed E-state index contributed by atoms with van der Waals surface area (Å²) in [6, 6.07) is 6.29. The summed E-state index contributed by atoms with van der Waals surface area (Å²) in [5.74, 6) is 0. The van der Waals surface area contributed by atoms with Gasteiger partial charge in [0.15, 0.2) is 5.28 Å². The van der Waals surface area contributed by atoms with Crippen LogP contribution in [0.4, 0.5) is 4.79 Å². The lowest BCUT2D eigenvalue weighted by atomic mass is 10.2. The van der Waals surface area contributed by atoms with Gasteiger partial charge in [-0.3, -0.25) is 4.57 Å². The van der Waals surface area contributed by atoms with Crippen molar-refractivity contribution in [3.63, 3.8) is 0 Å². The van der Waals surface area contributed by atoms with Crippen molar-refractivity contribution >= 4 is 23.7 Å². The Morgan fingerprint density at radius 2 is 1.73 bits per heavy atom. The van der Waals surface area contributed by atoms with Crippen LogP contribution in [0.1, 0.15) is 32.8 Å². The van der Waals surface area contributed by atoms with Crippen molar-refractivity contribution in [2.45, 2.75) is 44.3 Å². The van der Waals surface area contributed by atoms with Crippen molar-refractivity contribution in [2.24, 2.45) is 0 Å². The number of likely N-dealkylation sites (tertiary alicyclic amines) is 1. The summed E-state index contributed by atoms with van der Waals surface area (Å²) in [6.07, 6.45) is -0.443. The highest BCUT2D eigenvalue weighted by atomic mass is 32.2. The fourth-order valence-electron chi connectivity index (χ4n) is 3.12. The van der Waals surface area contributed by atoms with Crippen LogP contribution in [0, 0.1) is 6.92 Å². The molecule has 1 atom stereocenters. The smallest absolute Gasteiger partial charge is 0.409 e.